The molecule has 0 aliphatic rings. The molecule has 0 saturated heterocycles. The number of ether oxygens (including phenoxy) is 1. The average Bonchev–Trinajstić information content (AvgIpc) is 3.28. The van der Waals surface area contributed by atoms with Crippen LogP contribution in [0.15, 0.2) is 65.8 Å². The van der Waals surface area contributed by atoms with Crippen LogP contribution >= 0.6 is 23.4 Å². The highest BCUT2D eigenvalue weighted by molar-refractivity contribution is 7.99. The Bertz CT molecular complexity index is 1210. The molecular weight excluding hydrogens is 462 g/mol. The van der Waals surface area contributed by atoms with Crippen LogP contribution in [0.4, 0.5) is 0 Å². The van der Waals surface area contributed by atoms with Gasteiger partial charge >= 0.3 is 0 Å². The van der Waals surface area contributed by atoms with Crippen LogP contribution in [0.3, 0.4) is 0 Å². The van der Waals surface area contributed by atoms with Crippen molar-refractivity contribution in [1.29, 1.82) is 0 Å². The summed E-state index contributed by atoms with van der Waals surface area (Å²) in [6.07, 6.45) is 5.50. The van der Waals surface area contributed by atoms with Crippen LogP contribution in [-0.2, 0) is 6.54 Å². The van der Waals surface area contributed by atoms with Crippen molar-refractivity contribution < 1.29 is 4.74 Å². The Morgan fingerprint density at radius 3 is 2.53 bits per heavy atom. The highest BCUT2D eigenvalue weighted by Gasteiger charge is 2.19. The number of thioether (sulfide) groups is 1. The monoisotopic (exact) mass is 493 g/mol. The number of fused-ring (bicyclic) bond motifs is 1. The molecule has 0 N–H and O–H groups in total. The van der Waals surface area contributed by atoms with E-state index in [0.29, 0.717) is 6.61 Å². The van der Waals surface area contributed by atoms with Gasteiger partial charge in [-0.1, -0.05) is 43.1 Å². The summed E-state index contributed by atoms with van der Waals surface area (Å²) in [5.41, 5.74) is 5.52. The second kappa shape index (κ2) is 11.8. The molecule has 178 valence electrons. The van der Waals surface area contributed by atoms with Gasteiger partial charge in [0.25, 0.3) is 0 Å². The first-order valence-corrected chi connectivity index (χ1v) is 13.3. The van der Waals surface area contributed by atoms with Crippen molar-refractivity contribution in [1.82, 2.24) is 14.5 Å². The summed E-state index contributed by atoms with van der Waals surface area (Å²) in [5.74, 6) is 2.15. The van der Waals surface area contributed by atoms with Gasteiger partial charge in [-0.2, -0.15) is 0 Å². The topological polar surface area (TPSA) is 39.9 Å². The summed E-state index contributed by atoms with van der Waals surface area (Å²) >= 11 is 7.86. The van der Waals surface area contributed by atoms with Crippen molar-refractivity contribution in [2.75, 3.05) is 12.4 Å². The average molecular weight is 494 g/mol. The number of imidazole rings is 1. The molecule has 0 radical (unpaired) electrons. The van der Waals surface area contributed by atoms with E-state index in [2.05, 4.69) is 37.5 Å². The van der Waals surface area contributed by atoms with E-state index in [4.69, 9.17) is 26.3 Å². The van der Waals surface area contributed by atoms with Crippen LogP contribution in [0.2, 0.25) is 5.02 Å². The van der Waals surface area contributed by atoms with Gasteiger partial charge in [0.2, 0.25) is 0 Å². The van der Waals surface area contributed by atoms with Crippen molar-refractivity contribution >= 4 is 34.4 Å². The predicted molar refractivity (Wildman–Crippen MR) is 143 cm³/mol. The van der Waals surface area contributed by atoms with Crippen LogP contribution < -0.4 is 4.74 Å². The highest BCUT2D eigenvalue weighted by atomic mass is 35.5. The van der Waals surface area contributed by atoms with Gasteiger partial charge in [-0.05, 0) is 74.4 Å². The lowest BCUT2D eigenvalue weighted by molar-refractivity contribution is 0.294. The molecule has 2 heterocycles. The Kier molecular flexibility index (Phi) is 8.52. The third-order valence-corrected chi connectivity index (χ3v) is 7.45. The van der Waals surface area contributed by atoms with Gasteiger partial charge in [0.15, 0.2) is 0 Å². The molecule has 0 fully saturated rings. The minimum atomic E-state index is 0.148. The second-order valence-corrected chi connectivity index (χ2v) is 10.3. The van der Waals surface area contributed by atoms with Gasteiger partial charge in [0.1, 0.15) is 11.3 Å². The molecule has 34 heavy (non-hydrogen) atoms. The number of nitrogens with zero attached hydrogens (tertiary/aromatic N) is 3. The van der Waals surface area contributed by atoms with Gasteiger partial charge in [-0.15, -0.1) is 11.8 Å². The fourth-order valence-electron chi connectivity index (χ4n) is 4.06. The normalized spacial score (nSPS) is 12.2. The summed E-state index contributed by atoms with van der Waals surface area (Å²) in [6, 6.07) is 18.0. The van der Waals surface area contributed by atoms with Crippen LogP contribution in [-0.4, -0.2) is 26.9 Å². The first-order valence-electron chi connectivity index (χ1n) is 11.9. The number of para-hydroxylation sites is 1. The van der Waals surface area contributed by atoms with E-state index in [1.54, 1.807) is 0 Å². The molecule has 0 saturated carbocycles. The highest BCUT2D eigenvalue weighted by Crippen LogP contribution is 2.28. The number of benzene rings is 2. The quantitative estimate of drug-likeness (QED) is 0.157. The maximum Gasteiger partial charge on any atom is 0.119 e. The van der Waals surface area contributed by atoms with Crippen LogP contribution in [0.1, 0.15) is 49.1 Å². The molecule has 2 aromatic heterocycles. The van der Waals surface area contributed by atoms with Crippen molar-refractivity contribution in [3.63, 3.8) is 0 Å². The molecule has 1 atom stereocenters. The minimum absolute atomic E-state index is 0.148. The summed E-state index contributed by atoms with van der Waals surface area (Å²) in [7, 11) is 0. The zero-order valence-corrected chi connectivity index (χ0v) is 21.7. The lowest BCUT2D eigenvalue weighted by Gasteiger charge is -2.16. The number of aromatic nitrogens is 3. The number of hydrogen-bond donors (Lipinski definition) is 0. The summed E-state index contributed by atoms with van der Waals surface area (Å²) in [4.78, 5) is 11.0. The van der Waals surface area contributed by atoms with Gasteiger partial charge in [0, 0.05) is 28.1 Å². The molecule has 0 aliphatic carbocycles. The van der Waals surface area contributed by atoms with Crippen molar-refractivity contribution in [3.8, 4) is 5.75 Å². The van der Waals surface area contributed by atoms with E-state index in [9.17, 15) is 0 Å². The molecule has 0 amide bonds. The minimum Gasteiger partial charge on any atom is -0.493 e. The predicted octanol–water partition coefficient (Wildman–Crippen LogP) is 7.85. The Labute approximate surface area is 211 Å². The number of halogens is 1. The van der Waals surface area contributed by atoms with Gasteiger partial charge in [-0.25, -0.2) is 4.98 Å². The second-order valence-electron chi connectivity index (χ2n) is 8.73. The smallest absolute Gasteiger partial charge is 0.119 e. The third-order valence-electron chi connectivity index (χ3n) is 6.10. The van der Waals surface area contributed by atoms with Gasteiger partial charge < -0.3 is 9.30 Å². The molecule has 0 bridgehead atoms. The van der Waals surface area contributed by atoms with E-state index in [1.807, 2.05) is 60.6 Å². The summed E-state index contributed by atoms with van der Waals surface area (Å²) < 4.78 is 8.31. The molecule has 4 aromatic rings. The first-order chi connectivity index (χ1) is 16.5. The molecular formula is C28H32ClN3OS. The zero-order valence-electron chi connectivity index (χ0n) is 20.1. The maximum atomic E-state index is 6.01. The molecule has 4 nitrogen and oxygen atoms in total. The lowest BCUT2D eigenvalue weighted by Crippen LogP contribution is -2.11. The summed E-state index contributed by atoms with van der Waals surface area (Å²) in [5, 5.41) is 0.791. The Morgan fingerprint density at radius 1 is 1.00 bits per heavy atom. The molecule has 2 aromatic carbocycles. The van der Waals surface area contributed by atoms with E-state index in [1.165, 1.54) is 28.8 Å². The molecule has 4 rings (SSSR count). The Morgan fingerprint density at radius 2 is 1.76 bits per heavy atom. The first kappa shape index (κ1) is 24.6. The fourth-order valence-corrected chi connectivity index (χ4v) is 5.10. The maximum absolute atomic E-state index is 6.01. The number of pyridine rings is 1. The lowest BCUT2D eigenvalue weighted by atomic mass is 10.0. The van der Waals surface area contributed by atoms with E-state index in [0.717, 1.165) is 46.4 Å². The third kappa shape index (κ3) is 6.13. The van der Waals surface area contributed by atoms with E-state index in [-0.39, 0.29) is 5.92 Å². The van der Waals surface area contributed by atoms with Crippen molar-refractivity contribution in [2.24, 2.45) is 0 Å². The number of rotatable bonds is 11. The van der Waals surface area contributed by atoms with Crippen molar-refractivity contribution in [3.05, 3.63) is 82.9 Å². The van der Waals surface area contributed by atoms with Crippen LogP contribution in [0, 0.1) is 13.8 Å². The SMILES string of the molecule is Cc1nc(C(C)COc2ccccc2)c2ncn(CCCCCSc3ccc(Cl)cc3)c2c1C. The van der Waals surface area contributed by atoms with E-state index < -0.39 is 0 Å². The number of aryl methyl sites for hydroxylation is 3. The van der Waals surface area contributed by atoms with Crippen LogP contribution in [0.5, 0.6) is 5.75 Å². The standard InChI is InChI=1S/C28H32ClN3OS/c1-20(18-33-24-10-6-4-7-11-24)26-27-28(21(2)22(3)31-26)32(19-30-27)16-8-5-9-17-34-25-14-12-23(29)13-15-25/h4,6-7,10-15,19-20H,5,8-9,16-18H2,1-3H3. The van der Waals surface area contributed by atoms with Crippen molar-refractivity contribution in [2.45, 2.75) is 57.4 Å². The van der Waals surface area contributed by atoms with Gasteiger partial charge in [0.05, 0.1) is 24.1 Å². The fraction of sp³-hybridized carbons (Fsp3) is 0.357. The largest absolute Gasteiger partial charge is 0.493 e. The van der Waals surface area contributed by atoms with E-state index >= 15 is 0 Å². The summed E-state index contributed by atoms with van der Waals surface area (Å²) in [6.45, 7) is 7.96. The zero-order chi connectivity index (χ0) is 23.9. The molecule has 1 unspecified atom stereocenters. The van der Waals surface area contributed by atoms with Gasteiger partial charge in [-0.3, -0.25) is 4.98 Å². The molecule has 0 aliphatic heterocycles. The van der Waals surface area contributed by atoms with Crippen LogP contribution in [0.25, 0.3) is 11.0 Å². The molecule has 6 heteroatoms. The Balaban J connectivity index is 1.35. The number of hydrogen-bond acceptors (Lipinski definition) is 4. The molecule has 0 spiro atoms. The Hall–Kier alpha value is -2.50. The number of unbranched alkanes of at least 4 members (excludes halogenated alkanes) is 2.